The van der Waals surface area contributed by atoms with E-state index in [0.29, 0.717) is 38.5 Å². The van der Waals surface area contributed by atoms with Crippen molar-refractivity contribution >= 4 is 5.97 Å². The molecule has 8 aliphatic rings. The molecule has 0 aromatic heterocycles. The summed E-state index contributed by atoms with van der Waals surface area (Å²) in [5.74, 6) is -1.31. The number of rotatable bonds is 9. The summed E-state index contributed by atoms with van der Waals surface area (Å²) in [7, 11) is 0. The summed E-state index contributed by atoms with van der Waals surface area (Å²) in [6.07, 6.45) is -22.3. The lowest BCUT2D eigenvalue weighted by Crippen LogP contribution is -2.71. The Hall–Kier alpha value is -1.51. The quantitative estimate of drug-likeness (QED) is 0.0873. The van der Waals surface area contributed by atoms with Crippen LogP contribution in [0.2, 0.25) is 0 Å². The molecule has 8 rings (SSSR count). The number of carbonyl (C=O) groups is 1. The maximum absolute atomic E-state index is 15.0. The topological polar surface area (TPSA) is 335 Å². The molecule has 0 bridgehead atoms. The van der Waals surface area contributed by atoms with Crippen molar-refractivity contribution in [3.05, 3.63) is 11.6 Å². The normalized spacial score (nSPS) is 57.1. The van der Waals surface area contributed by atoms with Crippen molar-refractivity contribution < 1.29 is 99.6 Å². The molecule has 13 N–H and O–H groups in total. The number of hydrogen-bond donors (Lipinski definition) is 13. The molecule has 0 aromatic carbocycles. The van der Waals surface area contributed by atoms with E-state index in [1.807, 2.05) is 0 Å². The molecule has 3 saturated heterocycles. The minimum absolute atomic E-state index is 0.0115. The molecule has 390 valence electrons. The van der Waals surface area contributed by atoms with Gasteiger partial charge in [0.25, 0.3) is 0 Å². The van der Waals surface area contributed by atoms with E-state index in [1.54, 1.807) is 6.92 Å². The zero-order valence-corrected chi connectivity index (χ0v) is 40.1. The van der Waals surface area contributed by atoms with E-state index in [1.165, 1.54) is 6.92 Å². The summed E-state index contributed by atoms with van der Waals surface area (Å²) in [4.78, 5) is 15.0. The van der Waals surface area contributed by atoms with Gasteiger partial charge in [0.1, 0.15) is 67.1 Å². The molecule has 20 heteroatoms. The Morgan fingerprint density at radius 1 is 0.706 bits per heavy atom. The Balaban J connectivity index is 0.994. The number of carbonyl (C=O) groups excluding carboxylic acids is 1. The Morgan fingerprint density at radius 3 is 2.00 bits per heavy atom. The molecular formula is C48H78O20. The minimum Gasteiger partial charge on any atom is -0.432 e. The molecule has 68 heavy (non-hydrogen) atoms. The van der Waals surface area contributed by atoms with Crippen LogP contribution < -0.4 is 0 Å². The van der Waals surface area contributed by atoms with Crippen LogP contribution in [0.4, 0.5) is 0 Å². The standard InChI is InChI=1S/C48H78O20/c1-19-10-11-48(13-12-46(6)22(28(48)20(19)2)8-9-27-44(4)14-24(52)39(61)45(5,18-50)38(44)23(51)15-47(27,46)7)43(62)68-42-35(59)32(56)30(54)26(66-42)17-63-40-36(60)33(57)37(25(16-49)65-40)67-41-34(58)31(55)29(53)21(3)64-41/h8,19-21,23-42,49-61H,9-18H2,1-7H3/t19-,20+,21-,23-,24-,25-,26-,27-,28+,29+,30-,31-,32+,33-,34-,35-,36-,37-,38-,39+,40-,41+,42+,44-,45+,46-,47-,48+/m1/s1. The molecular weight excluding hydrogens is 897 g/mol. The molecule has 20 nitrogen and oxygen atoms in total. The van der Waals surface area contributed by atoms with Gasteiger partial charge in [-0.2, -0.15) is 0 Å². The first-order valence-electron chi connectivity index (χ1n) is 24.6. The fourth-order valence-electron chi connectivity index (χ4n) is 15.4. The van der Waals surface area contributed by atoms with Crippen LogP contribution in [0.1, 0.15) is 93.4 Å². The highest BCUT2D eigenvalue weighted by Crippen LogP contribution is 2.76. The number of ether oxygens (including phenoxy) is 6. The lowest BCUT2D eigenvalue weighted by molar-refractivity contribution is -0.361. The fraction of sp³-hybridized carbons (Fsp3) is 0.938. The highest BCUT2D eigenvalue weighted by molar-refractivity contribution is 5.79. The number of fused-ring (bicyclic) bond motifs is 7. The van der Waals surface area contributed by atoms with E-state index < -0.39 is 169 Å². The monoisotopic (exact) mass is 975 g/mol. The van der Waals surface area contributed by atoms with E-state index >= 15 is 4.79 Å². The predicted molar refractivity (Wildman–Crippen MR) is 233 cm³/mol. The zero-order chi connectivity index (χ0) is 50.0. The third-order valence-electron chi connectivity index (χ3n) is 19.6. The second-order valence-corrected chi connectivity index (χ2v) is 23.1. The number of esters is 1. The highest BCUT2D eigenvalue weighted by atomic mass is 16.8. The molecule has 7 fully saturated rings. The van der Waals surface area contributed by atoms with Gasteiger partial charge in [-0.05, 0) is 91.8 Å². The van der Waals surface area contributed by atoms with Crippen molar-refractivity contribution in [1.29, 1.82) is 0 Å². The minimum atomic E-state index is -1.89. The maximum Gasteiger partial charge on any atom is 0.315 e. The fourth-order valence-corrected chi connectivity index (χ4v) is 15.4. The predicted octanol–water partition coefficient (Wildman–Crippen LogP) is -2.06. The lowest BCUT2D eigenvalue weighted by atomic mass is 9.32. The third kappa shape index (κ3) is 7.89. The van der Waals surface area contributed by atoms with Crippen LogP contribution in [0.25, 0.3) is 0 Å². The largest absolute Gasteiger partial charge is 0.432 e. The second-order valence-electron chi connectivity index (χ2n) is 23.1. The van der Waals surface area contributed by atoms with Crippen molar-refractivity contribution in [3.8, 4) is 0 Å². The summed E-state index contributed by atoms with van der Waals surface area (Å²) in [6.45, 7) is 12.1. The number of hydrogen-bond acceptors (Lipinski definition) is 20. The molecule has 3 aliphatic heterocycles. The van der Waals surface area contributed by atoms with Crippen LogP contribution in [-0.4, -0.2) is 203 Å². The van der Waals surface area contributed by atoms with E-state index in [-0.39, 0.29) is 30.1 Å². The third-order valence-corrected chi connectivity index (χ3v) is 19.6. The Kier molecular flexibility index (Phi) is 14.6. The van der Waals surface area contributed by atoms with Crippen molar-refractivity contribution in [2.45, 2.75) is 204 Å². The zero-order valence-electron chi connectivity index (χ0n) is 40.1. The molecule has 3 heterocycles. The Labute approximate surface area is 396 Å². The first kappa shape index (κ1) is 52.8. The molecule has 28 atom stereocenters. The van der Waals surface area contributed by atoms with Crippen molar-refractivity contribution in [1.82, 2.24) is 0 Å². The second kappa shape index (κ2) is 18.8. The van der Waals surface area contributed by atoms with Gasteiger partial charge in [0, 0.05) is 11.3 Å². The highest BCUT2D eigenvalue weighted by Gasteiger charge is 2.73. The lowest BCUT2D eigenvalue weighted by Gasteiger charge is -2.72. The molecule has 0 spiro atoms. The molecule has 0 unspecified atom stereocenters. The molecule has 5 aliphatic carbocycles. The van der Waals surface area contributed by atoms with E-state index in [4.69, 9.17) is 28.4 Å². The van der Waals surface area contributed by atoms with Crippen molar-refractivity contribution in [2.24, 2.45) is 56.7 Å². The summed E-state index contributed by atoms with van der Waals surface area (Å²) < 4.78 is 34.6. The van der Waals surface area contributed by atoms with Gasteiger partial charge in [-0.3, -0.25) is 4.79 Å². The van der Waals surface area contributed by atoms with Gasteiger partial charge in [0.15, 0.2) is 12.6 Å². The first-order valence-corrected chi connectivity index (χ1v) is 24.6. The summed E-state index contributed by atoms with van der Waals surface area (Å²) in [5, 5.41) is 142. The average Bonchev–Trinajstić information content (AvgIpc) is 3.29. The van der Waals surface area contributed by atoms with E-state index in [9.17, 15) is 66.4 Å². The first-order chi connectivity index (χ1) is 31.8. The van der Waals surface area contributed by atoms with Gasteiger partial charge in [-0.25, -0.2) is 0 Å². The van der Waals surface area contributed by atoms with Gasteiger partial charge in [-0.1, -0.05) is 53.2 Å². The van der Waals surface area contributed by atoms with Crippen LogP contribution in [-0.2, 0) is 33.2 Å². The van der Waals surface area contributed by atoms with Crippen molar-refractivity contribution in [2.75, 3.05) is 19.8 Å². The van der Waals surface area contributed by atoms with Crippen LogP contribution in [0.15, 0.2) is 11.6 Å². The number of allylic oxidation sites excluding steroid dienone is 2. The molecule has 0 amide bonds. The summed E-state index contributed by atoms with van der Waals surface area (Å²) in [5.41, 5.74) is -2.84. The van der Waals surface area contributed by atoms with E-state index in [0.717, 1.165) is 5.57 Å². The smallest absolute Gasteiger partial charge is 0.315 e. The van der Waals surface area contributed by atoms with E-state index in [2.05, 4.69) is 40.7 Å². The molecule has 0 radical (unpaired) electrons. The Bertz CT molecular complexity index is 1860. The molecule has 4 saturated carbocycles. The summed E-state index contributed by atoms with van der Waals surface area (Å²) >= 11 is 0. The van der Waals surface area contributed by atoms with Gasteiger partial charge >= 0.3 is 5.97 Å². The number of aliphatic hydroxyl groups excluding tert-OH is 13. The van der Waals surface area contributed by atoms with Crippen LogP contribution in [0.3, 0.4) is 0 Å². The molecule has 0 aromatic rings. The van der Waals surface area contributed by atoms with Crippen LogP contribution in [0.5, 0.6) is 0 Å². The van der Waals surface area contributed by atoms with Crippen LogP contribution in [0, 0.1) is 56.7 Å². The Morgan fingerprint density at radius 2 is 1.34 bits per heavy atom. The average molecular weight is 975 g/mol. The van der Waals surface area contributed by atoms with Crippen molar-refractivity contribution in [3.63, 3.8) is 0 Å². The van der Waals surface area contributed by atoms with Crippen LogP contribution >= 0.6 is 0 Å². The van der Waals surface area contributed by atoms with Gasteiger partial charge < -0.3 is 94.8 Å². The summed E-state index contributed by atoms with van der Waals surface area (Å²) in [6, 6.07) is 0. The van der Waals surface area contributed by atoms with Gasteiger partial charge in [0.2, 0.25) is 6.29 Å². The van der Waals surface area contributed by atoms with Gasteiger partial charge in [0.05, 0.1) is 49.7 Å². The maximum atomic E-state index is 15.0. The number of aliphatic hydroxyl groups is 13. The SMILES string of the molecule is C[C@H]1[C@H](C)CC[C@]2(C(=O)O[C@@H]3O[C@H](CO[C@@H]4O[C@H](CO)[C@@H](O[C@@H]5O[C@H](C)[C@H](O)[C@@H](O)[C@H]5O)[C@H](O)[C@H]4O)[C@@H](O)[C@H](O)[C@H]3O)CC[C@]3(C)C(=CC[C@@H]4[C@@]5(C)C[C@@H](O)[C@H](O)[C@@](C)(CO)[C@@H]5[C@H](O)C[C@]43C)[C@H]12. The van der Waals surface area contributed by atoms with Gasteiger partial charge in [-0.15, -0.1) is 0 Å².